The van der Waals surface area contributed by atoms with Gasteiger partial charge >= 0.3 is 0 Å². The van der Waals surface area contributed by atoms with Crippen LogP contribution in [-0.4, -0.2) is 19.8 Å². The summed E-state index contributed by atoms with van der Waals surface area (Å²) in [5, 5.41) is 14.4. The number of pyridine rings is 3. The molecule has 7 heteroatoms. The lowest BCUT2D eigenvalue weighted by Crippen LogP contribution is -2.33. The molecule has 0 unspecified atom stereocenters. The van der Waals surface area contributed by atoms with Crippen molar-refractivity contribution in [3.8, 4) is 0 Å². The Hall–Kier alpha value is -2.93. The van der Waals surface area contributed by atoms with E-state index in [1.165, 1.54) is 10.9 Å². The van der Waals surface area contributed by atoms with Crippen LogP contribution in [0.25, 0.3) is 10.8 Å². The SMILES string of the molecule is Cc1ccnc(Nc2cc3c(CO)c(C4CCCC4)n(N)c(=O)c3cn2)c1. The third-order valence-corrected chi connectivity index (χ3v) is 5.32. The van der Waals surface area contributed by atoms with E-state index < -0.39 is 0 Å². The van der Waals surface area contributed by atoms with E-state index in [9.17, 15) is 9.90 Å². The number of nitrogens with zero attached hydrogens (tertiary/aromatic N) is 3. The molecule has 0 atom stereocenters. The zero-order valence-electron chi connectivity index (χ0n) is 15.3. The summed E-state index contributed by atoms with van der Waals surface area (Å²) in [7, 11) is 0. The lowest BCUT2D eigenvalue weighted by Gasteiger charge is -2.20. The molecule has 27 heavy (non-hydrogen) atoms. The maximum atomic E-state index is 12.8. The number of nitrogen functional groups attached to an aromatic ring is 1. The summed E-state index contributed by atoms with van der Waals surface area (Å²) in [6.45, 7) is 1.81. The van der Waals surface area contributed by atoms with Crippen molar-refractivity contribution in [3.05, 3.63) is 57.8 Å². The molecule has 0 amide bonds. The molecule has 3 aromatic rings. The number of aliphatic hydroxyl groups is 1. The first-order valence-electron chi connectivity index (χ1n) is 9.21. The summed E-state index contributed by atoms with van der Waals surface area (Å²) in [6.07, 6.45) is 7.44. The van der Waals surface area contributed by atoms with Crippen LogP contribution in [0.2, 0.25) is 0 Å². The van der Waals surface area contributed by atoms with Gasteiger partial charge in [0.2, 0.25) is 0 Å². The van der Waals surface area contributed by atoms with Crippen molar-refractivity contribution < 1.29 is 5.11 Å². The van der Waals surface area contributed by atoms with Crippen molar-refractivity contribution in [2.75, 3.05) is 11.2 Å². The summed E-state index contributed by atoms with van der Waals surface area (Å²) in [6, 6.07) is 5.63. The molecule has 4 rings (SSSR count). The quantitative estimate of drug-likeness (QED) is 0.614. The van der Waals surface area contributed by atoms with E-state index in [1.807, 2.05) is 19.1 Å². The standard InChI is InChI=1S/C20H23N5O2/c1-12-6-7-22-17(8-12)24-18-9-14-15(10-23-18)20(27)25(21)19(16(14)11-26)13-4-2-3-5-13/h6-10,13,26H,2-5,11,21H2,1H3,(H,22,23,24). The molecule has 140 valence electrons. The number of aromatic nitrogens is 3. The second-order valence-electron chi connectivity index (χ2n) is 7.14. The Labute approximate surface area is 156 Å². The topological polar surface area (TPSA) is 106 Å². The number of nitrogens with two attached hydrogens (primary N) is 1. The third kappa shape index (κ3) is 3.14. The van der Waals surface area contributed by atoms with Crippen LogP contribution in [0.4, 0.5) is 11.6 Å². The highest BCUT2D eigenvalue weighted by atomic mass is 16.3. The number of nitrogens with one attached hydrogen (secondary N) is 1. The lowest BCUT2D eigenvalue weighted by molar-refractivity contribution is 0.280. The van der Waals surface area contributed by atoms with Gasteiger partial charge in [-0.3, -0.25) is 4.79 Å². The average molecular weight is 365 g/mol. The Morgan fingerprint density at radius 2 is 1.96 bits per heavy atom. The normalized spacial score (nSPS) is 14.7. The molecule has 0 saturated heterocycles. The van der Waals surface area contributed by atoms with E-state index in [4.69, 9.17) is 5.84 Å². The predicted octanol–water partition coefficient (Wildman–Crippen LogP) is 2.71. The van der Waals surface area contributed by atoms with Crippen molar-refractivity contribution in [3.63, 3.8) is 0 Å². The van der Waals surface area contributed by atoms with Crippen LogP contribution in [0.3, 0.4) is 0 Å². The molecule has 3 heterocycles. The van der Waals surface area contributed by atoms with E-state index >= 15 is 0 Å². The highest BCUT2D eigenvalue weighted by Gasteiger charge is 2.25. The van der Waals surface area contributed by atoms with Crippen molar-refractivity contribution in [1.82, 2.24) is 14.6 Å². The molecule has 1 aliphatic carbocycles. The molecular weight excluding hydrogens is 342 g/mol. The van der Waals surface area contributed by atoms with Gasteiger partial charge in [-0.2, -0.15) is 0 Å². The first kappa shape index (κ1) is 17.5. The summed E-state index contributed by atoms with van der Waals surface area (Å²) in [5.41, 5.74) is 2.26. The Morgan fingerprint density at radius 3 is 2.67 bits per heavy atom. The molecule has 0 bridgehead atoms. The van der Waals surface area contributed by atoms with Gasteiger partial charge in [0.15, 0.2) is 0 Å². The highest BCUT2D eigenvalue weighted by Crippen LogP contribution is 2.37. The second kappa shape index (κ2) is 7.00. The van der Waals surface area contributed by atoms with E-state index in [0.29, 0.717) is 28.0 Å². The van der Waals surface area contributed by atoms with E-state index in [1.54, 1.807) is 12.3 Å². The van der Waals surface area contributed by atoms with Crippen molar-refractivity contribution >= 4 is 22.4 Å². The van der Waals surface area contributed by atoms with Gasteiger partial charge < -0.3 is 16.3 Å². The maximum absolute atomic E-state index is 12.8. The first-order chi connectivity index (χ1) is 13.1. The minimum Gasteiger partial charge on any atom is -0.392 e. The fourth-order valence-corrected chi connectivity index (χ4v) is 4.01. The zero-order chi connectivity index (χ0) is 19.0. The van der Waals surface area contributed by atoms with E-state index in [0.717, 1.165) is 36.9 Å². The van der Waals surface area contributed by atoms with Gasteiger partial charge in [-0.15, -0.1) is 0 Å². The van der Waals surface area contributed by atoms with Crippen LogP contribution >= 0.6 is 0 Å². The molecule has 0 aromatic carbocycles. The Morgan fingerprint density at radius 1 is 1.22 bits per heavy atom. The molecule has 4 N–H and O–H groups in total. The minimum absolute atomic E-state index is 0.175. The smallest absolute Gasteiger partial charge is 0.278 e. The minimum atomic E-state index is -0.281. The van der Waals surface area contributed by atoms with Crippen LogP contribution in [0.5, 0.6) is 0 Å². The van der Waals surface area contributed by atoms with Gasteiger partial charge in [-0.05, 0) is 48.9 Å². The Balaban J connectivity index is 1.86. The van der Waals surface area contributed by atoms with Crippen molar-refractivity contribution in [2.45, 2.75) is 45.1 Å². The van der Waals surface area contributed by atoms with Crippen LogP contribution in [-0.2, 0) is 6.61 Å². The van der Waals surface area contributed by atoms with Gasteiger partial charge in [-0.1, -0.05) is 12.8 Å². The van der Waals surface area contributed by atoms with Crippen LogP contribution < -0.4 is 16.7 Å². The molecule has 1 fully saturated rings. The van der Waals surface area contributed by atoms with Crippen molar-refractivity contribution in [2.24, 2.45) is 0 Å². The number of rotatable bonds is 4. The van der Waals surface area contributed by atoms with Gasteiger partial charge in [-0.25, -0.2) is 14.6 Å². The molecule has 7 nitrogen and oxygen atoms in total. The number of aryl methyl sites for hydroxylation is 1. The summed E-state index contributed by atoms with van der Waals surface area (Å²) < 4.78 is 1.21. The van der Waals surface area contributed by atoms with Gasteiger partial charge in [0.25, 0.3) is 5.56 Å². The van der Waals surface area contributed by atoms with Gasteiger partial charge in [0, 0.05) is 23.9 Å². The number of fused-ring (bicyclic) bond motifs is 1. The molecule has 1 aliphatic rings. The zero-order valence-corrected chi connectivity index (χ0v) is 15.3. The van der Waals surface area contributed by atoms with Crippen LogP contribution in [0, 0.1) is 6.92 Å². The fourth-order valence-electron chi connectivity index (χ4n) is 4.01. The Kier molecular flexibility index (Phi) is 4.53. The summed E-state index contributed by atoms with van der Waals surface area (Å²) in [4.78, 5) is 21.4. The monoisotopic (exact) mass is 365 g/mol. The van der Waals surface area contributed by atoms with Crippen LogP contribution in [0.15, 0.2) is 35.4 Å². The molecule has 1 saturated carbocycles. The van der Waals surface area contributed by atoms with E-state index in [2.05, 4.69) is 15.3 Å². The Bertz CT molecular complexity index is 1050. The highest BCUT2D eigenvalue weighted by molar-refractivity contribution is 5.87. The average Bonchev–Trinajstić information content (AvgIpc) is 3.18. The molecule has 0 spiro atoms. The molecule has 0 aliphatic heterocycles. The van der Waals surface area contributed by atoms with Crippen LogP contribution in [0.1, 0.15) is 48.4 Å². The predicted molar refractivity (Wildman–Crippen MR) is 106 cm³/mol. The van der Waals surface area contributed by atoms with Crippen molar-refractivity contribution in [1.29, 1.82) is 0 Å². The molecule has 3 aromatic heterocycles. The van der Waals surface area contributed by atoms with Gasteiger partial charge in [0.1, 0.15) is 11.6 Å². The number of anilines is 2. The first-order valence-corrected chi connectivity index (χ1v) is 9.21. The number of hydrogen-bond donors (Lipinski definition) is 3. The van der Waals surface area contributed by atoms with E-state index in [-0.39, 0.29) is 18.1 Å². The summed E-state index contributed by atoms with van der Waals surface area (Å²) >= 11 is 0. The third-order valence-electron chi connectivity index (χ3n) is 5.32. The maximum Gasteiger partial charge on any atom is 0.278 e. The largest absolute Gasteiger partial charge is 0.392 e. The summed E-state index contributed by atoms with van der Waals surface area (Å²) in [5.74, 6) is 7.58. The second-order valence-corrected chi connectivity index (χ2v) is 7.14. The lowest BCUT2D eigenvalue weighted by atomic mass is 9.95. The number of aliphatic hydroxyl groups excluding tert-OH is 1. The number of hydrogen-bond acceptors (Lipinski definition) is 6. The molecular formula is C20H23N5O2. The fraction of sp³-hybridized carbons (Fsp3) is 0.350. The van der Waals surface area contributed by atoms with Gasteiger partial charge in [0.05, 0.1) is 17.7 Å². The molecule has 0 radical (unpaired) electrons.